The van der Waals surface area contributed by atoms with Crippen LogP contribution in [-0.4, -0.2) is 28.0 Å². The molecule has 0 aliphatic carbocycles. The number of aromatic nitrogens is 2. The van der Waals surface area contributed by atoms with Crippen LogP contribution in [0.25, 0.3) is 0 Å². The number of nitrogen functional groups attached to an aromatic ring is 1. The number of methoxy groups -OCH3 is 1. The number of aryl methyl sites for hydroxylation is 1. The van der Waals surface area contributed by atoms with Crippen molar-refractivity contribution in [1.29, 1.82) is 0 Å². The summed E-state index contributed by atoms with van der Waals surface area (Å²) in [4.78, 5) is 11.2. The van der Waals surface area contributed by atoms with Gasteiger partial charge in [0.2, 0.25) is 0 Å². The van der Waals surface area contributed by atoms with Crippen LogP contribution in [0, 0.1) is 0 Å². The molecule has 2 aromatic rings. The molecule has 6 nitrogen and oxygen atoms in total. The molecule has 19 heavy (non-hydrogen) atoms. The first-order valence-corrected chi connectivity index (χ1v) is 5.70. The SMILES string of the molecule is COc1ccc(Cc2nn(C)c(N)c2C(=O)O)cc1. The molecule has 1 aromatic carbocycles. The van der Waals surface area contributed by atoms with Crippen molar-refractivity contribution < 1.29 is 14.6 Å². The van der Waals surface area contributed by atoms with Crippen molar-refractivity contribution in [3.05, 3.63) is 41.1 Å². The molecule has 100 valence electrons. The molecule has 2 rings (SSSR count). The molecule has 0 radical (unpaired) electrons. The van der Waals surface area contributed by atoms with E-state index in [0.29, 0.717) is 12.1 Å². The number of nitrogens with zero attached hydrogens (tertiary/aromatic N) is 2. The van der Waals surface area contributed by atoms with Crippen LogP contribution in [0.3, 0.4) is 0 Å². The van der Waals surface area contributed by atoms with E-state index in [9.17, 15) is 4.79 Å². The topological polar surface area (TPSA) is 90.4 Å². The van der Waals surface area contributed by atoms with Gasteiger partial charge in [-0.25, -0.2) is 4.79 Å². The Labute approximate surface area is 110 Å². The highest BCUT2D eigenvalue weighted by atomic mass is 16.5. The van der Waals surface area contributed by atoms with Gasteiger partial charge in [0.05, 0.1) is 12.8 Å². The van der Waals surface area contributed by atoms with E-state index in [4.69, 9.17) is 15.6 Å². The number of hydrogen-bond acceptors (Lipinski definition) is 4. The van der Waals surface area contributed by atoms with E-state index >= 15 is 0 Å². The van der Waals surface area contributed by atoms with Gasteiger partial charge in [-0.05, 0) is 17.7 Å². The Morgan fingerprint density at radius 1 is 1.42 bits per heavy atom. The van der Waals surface area contributed by atoms with Gasteiger partial charge in [0.15, 0.2) is 0 Å². The fraction of sp³-hybridized carbons (Fsp3) is 0.231. The maximum atomic E-state index is 11.2. The monoisotopic (exact) mass is 261 g/mol. The number of aromatic carboxylic acids is 1. The van der Waals surface area contributed by atoms with Crippen molar-refractivity contribution in [3.8, 4) is 5.75 Å². The van der Waals surface area contributed by atoms with Crippen molar-refractivity contribution in [1.82, 2.24) is 9.78 Å². The highest BCUT2D eigenvalue weighted by Crippen LogP contribution is 2.20. The number of rotatable bonds is 4. The molecular weight excluding hydrogens is 246 g/mol. The summed E-state index contributed by atoms with van der Waals surface area (Å²) in [5.74, 6) is -0.145. The summed E-state index contributed by atoms with van der Waals surface area (Å²) in [5, 5.41) is 13.3. The molecule has 0 aliphatic heterocycles. The summed E-state index contributed by atoms with van der Waals surface area (Å²) in [7, 11) is 3.22. The van der Waals surface area contributed by atoms with Crippen molar-refractivity contribution in [2.75, 3.05) is 12.8 Å². The van der Waals surface area contributed by atoms with Crippen LogP contribution in [0.4, 0.5) is 5.82 Å². The number of anilines is 1. The molecule has 0 bridgehead atoms. The summed E-state index contributed by atoms with van der Waals surface area (Å²) >= 11 is 0. The van der Waals surface area contributed by atoms with Gasteiger partial charge in [0, 0.05) is 13.5 Å². The van der Waals surface area contributed by atoms with Gasteiger partial charge in [0.1, 0.15) is 17.1 Å². The fourth-order valence-corrected chi connectivity index (χ4v) is 1.89. The molecule has 6 heteroatoms. The smallest absolute Gasteiger partial charge is 0.341 e. The number of carboxylic acids is 1. The van der Waals surface area contributed by atoms with E-state index in [1.165, 1.54) is 4.68 Å². The number of benzene rings is 1. The van der Waals surface area contributed by atoms with Crippen molar-refractivity contribution in [2.45, 2.75) is 6.42 Å². The van der Waals surface area contributed by atoms with Crippen LogP contribution < -0.4 is 10.5 Å². The first kappa shape index (κ1) is 12.9. The Hall–Kier alpha value is -2.50. The van der Waals surface area contributed by atoms with Gasteiger partial charge in [-0.15, -0.1) is 0 Å². The molecule has 1 aromatic heterocycles. The highest BCUT2D eigenvalue weighted by molar-refractivity contribution is 5.94. The molecule has 0 spiro atoms. The maximum absolute atomic E-state index is 11.2. The average molecular weight is 261 g/mol. The van der Waals surface area contributed by atoms with E-state index in [2.05, 4.69) is 5.10 Å². The van der Waals surface area contributed by atoms with Crippen LogP contribution in [0.2, 0.25) is 0 Å². The first-order valence-electron chi connectivity index (χ1n) is 5.70. The van der Waals surface area contributed by atoms with Crippen LogP contribution >= 0.6 is 0 Å². The Kier molecular flexibility index (Phi) is 3.41. The van der Waals surface area contributed by atoms with Crippen LogP contribution in [0.15, 0.2) is 24.3 Å². The largest absolute Gasteiger partial charge is 0.497 e. The van der Waals surface area contributed by atoms with Gasteiger partial charge in [-0.3, -0.25) is 4.68 Å². The van der Waals surface area contributed by atoms with Gasteiger partial charge >= 0.3 is 5.97 Å². The minimum Gasteiger partial charge on any atom is -0.497 e. The van der Waals surface area contributed by atoms with Crippen molar-refractivity contribution in [2.24, 2.45) is 7.05 Å². The molecule has 0 aliphatic rings. The van der Waals surface area contributed by atoms with E-state index in [1.807, 2.05) is 24.3 Å². The third-order valence-corrected chi connectivity index (χ3v) is 2.91. The number of hydrogen-bond donors (Lipinski definition) is 2. The molecule has 0 amide bonds. The van der Waals surface area contributed by atoms with Crippen LogP contribution in [0.1, 0.15) is 21.6 Å². The number of carbonyl (C=O) groups is 1. The van der Waals surface area contributed by atoms with Crippen LogP contribution in [-0.2, 0) is 13.5 Å². The third kappa shape index (κ3) is 2.52. The fourth-order valence-electron chi connectivity index (χ4n) is 1.89. The average Bonchev–Trinajstić information content (AvgIpc) is 2.65. The lowest BCUT2D eigenvalue weighted by atomic mass is 10.1. The first-order chi connectivity index (χ1) is 9.02. The molecule has 0 saturated carbocycles. The second-order valence-electron chi connectivity index (χ2n) is 4.16. The zero-order valence-electron chi connectivity index (χ0n) is 10.8. The molecule has 0 saturated heterocycles. The lowest BCUT2D eigenvalue weighted by Gasteiger charge is -2.02. The normalized spacial score (nSPS) is 10.4. The summed E-state index contributed by atoms with van der Waals surface area (Å²) < 4.78 is 6.45. The summed E-state index contributed by atoms with van der Waals surface area (Å²) in [6, 6.07) is 7.38. The lowest BCUT2D eigenvalue weighted by molar-refractivity contribution is 0.0697. The molecule has 1 heterocycles. The van der Waals surface area contributed by atoms with Gasteiger partial charge < -0.3 is 15.6 Å². The second-order valence-corrected chi connectivity index (χ2v) is 4.16. The van der Waals surface area contributed by atoms with Crippen LogP contribution in [0.5, 0.6) is 5.75 Å². The Balaban J connectivity index is 2.32. The molecule has 0 unspecified atom stereocenters. The minimum absolute atomic E-state index is 0.0679. The number of carboxylic acid groups (broad SMARTS) is 1. The molecule has 0 atom stereocenters. The van der Waals surface area contributed by atoms with Gasteiger partial charge in [-0.1, -0.05) is 12.1 Å². The Morgan fingerprint density at radius 2 is 2.05 bits per heavy atom. The van der Waals surface area contributed by atoms with E-state index in [1.54, 1.807) is 14.2 Å². The maximum Gasteiger partial charge on any atom is 0.341 e. The zero-order chi connectivity index (χ0) is 14.0. The number of nitrogens with two attached hydrogens (primary N) is 1. The van der Waals surface area contributed by atoms with Gasteiger partial charge in [-0.2, -0.15) is 5.10 Å². The third-order valence-electron chi connectivity index (χ3n) is 2.91. The number of ether oxygens (including phenoxy) is 1. The zero-order valence-corrected chi connectivity index (χ0v) is 10.8. The predicted molar refractivity (Wildman–Crippen MR) is 70.4 cm³/mol. The standard InChI is InChI=1S/C13H15N3O3/c1-16-12(14)11(13(17)18)10(15-16)7-8-3-5-9(19-2)6-4-8/h3-6H,7,14H2,1-2H3,(H,17,18). The van der Waals surface area contributed by atoms with E-state index in [0.717, 1.165) is 11.3 Å². The predicted octanol–water partition coefficient (Wildman–Crippen LogP) is 1.30. The molecule has 0 fully saturated rings. The second kappa shape index (κ2) is 5.01. The Bertz CT molecular complexity index is 602. The molecular formula is C13H15N3O3. The van der Waals surface area contributed by atoms with Crippen molar-refractivity contribution in [3.63, 3.8) is 0 Å². The lowest BCUT2D eigenvalue weighted by Crippen LogP contribution is -2.05. The van der Waals surface area contributed by atoms with Gasteiger partial charge in [0.25, 0.3) is 0 Å². The van der Waals surface area contributed by atoms with E-state index in [-0.39, 0.29) is 11.4 Å². The summed E-state index contributed by atoms with van der Waals surface area (Å²) in [6.45, 7) is 0. The van der Waals surface area contributed by atoms with E-state index < -0.39 is 5.97 Å². The highest BCUT2D eigenvalue weighted by Gasteiger charge is 2.20. The summed E-state index contributed by atoms with van der Waals surface area (Å²) in [6.07, 6.45) is 0.413. The quantitative estimate of drug-likeness (QED) is 0.865. The Morgan fingerprint density at radius 3 is 2.58 bits per heavy atom. The summed E-state index contributed by atoms with van der Waals surface area (Å²) in [5.41, 5.74) is 7.17. The van der Waals surface area contributed by atoms with Crippen molar-refractivity contribution >= 4 is 11.8 Å². The minimum atomic E-state index is -1.06. The molecule has 3 N–H and O–H groups in total.